The summed E-state index contributed by atoms with van der Waals surface area (Å²) in [6, 6.07) is 6.31. The van der Waals surface area contributed by atoms with E-state index in [1.54, 1.807) is 4.90 Å². The number of nitrogens with zero attached hydrogens (tertiary/aromatic N) is 3. The number of amides is 2. The molecule has 1 saturated heterocycles. The first-order chi connectivity index (χ1) is 11.0. The Morgan fingerprint density at radius 2 is 2.13 bits per heavy atom. The number of aromatic nitrogens is 1. The minimum Gasteiger partial charge on any atom is -0.478 e. The zero-order valence-corrected chi connectivity index (χ0v) is 14.6. The van der Waals surface area contributed by atoms with Crippen LogP contribution in [0.1, 0.15) is 33.6 Å². The van der Waals surface area contributed by atoms with Crippen molar-refractivity contribution < 1.29 is 9.53 Å². The maximum absolute atomic E-state index is 12.1. The van der Waals surface area contributed by atoms with E-state index < -0.39 is 0 Å². The molecule has 1 aliphatic heterocycles. The molecule has 0 saturated carbocycles. The fourth-order valence-corrected chi connectivity index (χ4v) is 2.57. The molecule has 0 aromatic carbocycles. The first-order valence-electron chi connectivity index (χ1n) is 8.39. The Bertz CT molecular complexity index is 513. The fraction of sp³-hybridized carbons (Fsp3) is 0.647. The van der Waals surface area contributed by atoms with Gasteiger partial charge in [-0.25, -0.2) is 4.79 Å². The van der Waals surface area contributed by atoms with Crippen LogP contribution in [0.15, 0.2) is 18.2 Å². The molecule has 0 unspecified atom stereocenters. The highest BCUT2D eigenvalue weighted by molar-refractivity contribution is 5.74. The summed E-state index contributed by atoms with van der Waals surface area (Å²) in [6.45, 7) is 8.38. The molecule has 2 heterocycles. The van der Waals surface area contributed by atoms with Gasteiger partial charge in [0.2, 0.25) is 5.88 Å². The smallest absolute Gasteiger partial charge is 0.317 e. The van der Waals surface area contributed by atoms with Gasteiger partial charge in [-0.05, 0) is 39.7 Å². The molecule has 6 heteroatoms. The third kappa shape index (κ3) is 4.74. The van der Waals surface area contributed by atoms with Crippen molar-refractivity contribution in [1.82, 2.24) is 15.2 Å². The van der Waals surface area contributed by atoms with Gasteiger partial charge in [0.15, 0.2) is 0 Å². The monoisotopic (exact) mass is 320 g/mol. The maximum Gasteiger partial charge on any atom is 0.317 e. The molecule has 1 aromatic rings. The number of anilines is 1. The van der Waals surface area contributed by atoms with E-state index in [0.29, 0.717) is 12.5 Å². The van der Waals surface area contributed by atoms with Gasteiger partial charge in [0.1, 0.15) is 5.82 Å². The van der Waals surface area contributed by atoms with Gasteiger partial charge in [0, 0.05) is 38.3 Å². The van der Waals surface area contributed by atoms with E-state index in [1.165, 1.54) is 0 Å². The summed E-state index contributed by atoms with van der Waals surface area (Å²) in [7, 11) is 1.83. The van der Waals surface area contributed by atoms with Crippen LogP contribution in [0, 0.1) is 0 Å². The zero-order valence-electron chi connectivity index (χ0n) is 14.6. The van der Waals surface area contributed by atoms with Gasteiger partial charge in [0.05, 0.1) is 6.61 Å². The number of ether oxygens (including phenoxy) is 1. The summed E-state index contributed by atoms with van der Waals surface area (Å²) in [5.41, 5.74) is 0. The molecule has 128 valence electrons. The molecule has 2 rings (SSSR count). The molecule has 2 amide bonds. The molecular formula is C17H28N4O2. The summed E-state index contributed by atoms with van der Waals surface area (Å²) < 4.78 is 5.46. The van der Waals surface area contributed by atoms with E-state index in [2.05, 4.69) is 15.2 Å². The largest absolute Gasteiger partial charge is 0.478 e. The first kappa shape index (κ1) is 17.4. The standard InChI is InChI=1S/C17H28N4O2/c1-5-23-16-8-6-7-15(19-16)21-11-9-14(10-12-21)18-17(22)20(4)13(2)3/h6-8,13-14H,5,9-12H2,1-4H3,(H,18,22). The molecule has 0 bridgehead atoms. The summed E-state index contributed by atoms with van der Waals surface area (Å²) in [6.07, 6.45) is 1.86. The lowest BCUT2D eigenvalue weighted by molar-refractivity contribution is 0.191. The van der Waals surface area contributed by atoms with Crippen LogP contribution in [0.3, 0.4) is 0 Å². The number of pyridine rings is 1. The molecule has 0 atom stereocenters. The lowest BCUT2D eigenvalue weighted by Gasteiger charge is -2.34. The molecule has 1 fully saturated rings. The second-order valence-corrected chi connectivity index (χ2v) is 6.18. The highest BCUT2D eigenvalue weighted by Gasteiger charge is 2.23. The van der Waals surface area contributed by atoms with Gasteiger partial charge < -0.3 is 19.9 Å². The minimum absolute atomic E-state index is 0.00918. The number of piperidine rings is 1. The van der Waals surface area contributed by atoms with Gasteiger partial charge in [-0.2, -0.15) is 4.98 Å². The average molecular weight is 320 g/mol. The predicted octanol–water partition coefficient (Wildman–Crippen LogP) is 2.50. The first-order valence-corrected chi connectivity index (χ1v) is 8.39. The molecule has 0 spiro atoms. The topological polar surface area (TPSA) is 57.7 Å². The van der Waals surface area contributed by atoms with Crippen LogP contribution in [0.25, 0.3) is 0 Å². The van der Waals surface area contributed by atoms with Crippen molar-refractivity contribution in [2.75, 3.05) is 31.6 Å². The Morgan fingerprint density at radius 3 is 2.74 bits per heavy atom. The lowest BCUT2D eigenvalue weighted by atomic mass is 10.1. The highest BCUT2D eigenvalue weighted by Crippen LogP contribution is 2.20. The van der Waals surface area contributed by atoms with Crippen molar-refractivity contribution in [1.29, 1.82) is 0 Å². The van der Waals surface area contributed by atoms with E-state index in [9.17, 15) is 4.79 Å². The number of hydrogen-bond donors (Lipinski definition) is 1. The molecule has 0 aliphatic carbocycles. The number of rotatable bonds is 5. The summed E-state index contributed by atoms with van der Waals surface area (Å²) >= 11 is 0. The van der Waals surface area contributed by atoms with Crippen LogP contribution >= 0.6 is 0 Å². The average Bonchev–Trinajstić information content (AvgIpc) is 2.55. The van der Waals surface area contributed by atoms with Gasteiger partial charge in [-0.15, -0.1) is 0 Å². The highest BCUT2D eigenvalue weighted by atomic mass is 16.5. The van der Waals surface area contributed by atoms with Gasteiger partial charge in [0.25, 0.3) is 0 Å². The Hall–Kier alpha value is -1.98. The van der Waals surface area contributed by atoms with E-state index in [4.69, 9.17) is 4.74 Å². The molecule has 23 heavy (non-hydrogen) atoms. The van der Waals surface area contributed by atoms with Crippen molar-refractivity contribution in [3.05, 3.63) is 18.2 Å². The number of nitrogens with one attached hydrogen (secondary N) is 1. The van der Waals surface area contributed by atoms with Crippen LogP contribution < -0.4 is 15.0 Å². The van der Waals surface area contributed by atoms with Crippen LogP contribution in [-0.4, -0.2) is 54.7 Å². The second-order valence-electron chi connectivity index (χ2n) is 6.18. The zero-order chi connectivity index (χ0) is 16.8. The Morgan fingerprint density at radius 1 is 1.43 bits per heavy atom. The SMILES string of the molecule is CCOc1cccc(N2CCC(NC(=O)N(C)C(C)C)CC2)n1. The Labute approximate surface area is 138 Å². The van der Waals surface area contributed by atoms with Crippen molar-refractivity contribution >= 4 is 11.8 Å². The minimum atomic E-state index is 0.00918. The van der Waals surface area contributed by atoms with Crippen LogP contribution in [-0.2, 0) is 0 Å². The third-order valence-corrected chi connectivity index (χ3v) is 4.24. The molecule has 0 radical (unpaired) electrons. The molecule has 1 aromatic heterocycles. The van der Waals surface area contributed by atoms with Gasteiger partial charge in [-0.3, -0.25) is 0 Å². The normalized spacial score (nSPS) is 15.6. The summed E-state index contributed by atoms with van der Waals surface area (Å²) in [5.74, 6) is 1.61. The number of hydrogen-bond acceptors (Lipinski definition) is 4. The van der Waals surface area contributed by atoms with Crippen LogP contribution in [0.4, 0.5) is 10.6 Å². The maximum atomic E-state index is 12.1. The summed E-state index contributed by atoms with van der Waals surface area (Å²) in [4.78, 5) is 20.6. The Kier molecular flexibility index (Phi) is 6.07. The van der Waals surface area contributed by atoms with E-state index >= 15 is 0 Å². The molecule has 1 aliphatic rings. The quantitative estimate of drug-likeness (QED) is 0.905. The number of carbonyl (C=O) groups is 1. The third-order valence-electron chi connectivity index (χ3n) is 4.24. The lowest BCUT2D eigenvalue weighted by Crippen LogP contribution is -2.49. The molecule has 1 N–H and O–H groups in total. The summed E-state index contributed by atoms with van der Waals surface area (Å²) in [5, 5.41) is 3.12. The Balaban J connectivity index is 1.86. The van der Waals surface area contributed by atoms with Crippen molar-refractivity contribution in [3.8, 4) is 5.88 Å². The van der Waals surface area contributed by atoms with E-state index in [0.717, 1.165) is 31.7 Å². The van der Waals surface area contributed by atoms with Crippen molar-refractivity contribution in [2.45, 2.75) is 45.7 Å². The van der Waals surface area contributed by atoms with Crippen LogP contribution in [0.5, 0.6) is 5.88 Å². The number of carbonyl (C=O) groups excluding carboxylic acids is 1. The van der Waals surface area contributed by atoms with Crippen molar-refractivity contribution in [3.63, 3.8) is 0 Å². The molecule has 6 nitrogen and oxygen atoms in total. The van der Waals surface area contributed by atoms with Gasteiger partial charge >= 0.3 is 6.03 Å². The van der Waals surface area contributed by atoms with E-state index in [1.807, 2.05) is 46.0 Å². The fourth-order valence-electron chi connectivity index (χ4n) is 2.57. The second kappa shape index (κ2) is 8.04. The van der Waals surface area contributed by atoms with Gasteiger partial charge in [-0.1, -0.05) is 6.07 Å². The molecular weight excluding hydrogens is 292 g/mol. The van der Waals surface area contributed by atoms with Crippen LogP contribution in [0.2, 0.25) is 0 Å². The number of urea groups is 1. The van der Waals surface area contributed by atoms with E-state index in [-0.39, 0.29) is 18.1 Å². The van der Waals surface area contributed by atoms with Crippen molar-refractivity contribution in [2.24, 2.45) is 0 Å². The predicted molar refractivity (Wildman–Crippen MR) is 92.1 cm³/mol.